The summed E-state index contributed by atoms with van der Waals surface area (Å²) in [6, 6.07) is 0. The van der Waals surface area contributed by atoms with Gasteiger partial charge in [-0.2, -0.15) is 0 Å². The van der Waals surface area contributed by atoms with E-state index in [2.05, 4.69) is 0 Å². The van der Waals surface area contributed by atoms with Crippen molar-refractivity contribution in [1.29, 1.82) is 0 Å². The van der Waals surface area contributed by atoms with Crippen LogP contribution in [0.2, 0.25) is 0 Å². The van der Waals surface area contributed by atoms with E-state index in [9.17, 15) is 14.7 Å². The van der Waals surface area contributed by atoms with Gasteiger partial charge in [0.25, 0.3) is 0 Å². The summed E-state index contributed by atoms with van der Waals surface area (Å²) in [5, 5.41) is 10.3. The Morgan fingerprint density at radius 3 is 1.71 bits per heavy atom. The Kier molecular flexibility index (Phi) is 38.7. The Hall–Kier alpha value is -0.0600. The van der Waals surface area contributed by atoms with Crippen LogP contribution in [0.25, 0.3) is 0 Å². The van der Waals surface area contributed by atoms with Crippen molar-refractivity contribution in [3.8, 4) is 0 Å². The van der Waals surface area contributed by atoms with Crippen LogP contribution in [0.15, 0.2) is 0 Å². The molecule has 0 saturated carbocycles. The zero-order valence-electron chi connectivity index (χ0n) is 8.37. The molecule has 2 atom stereocenters. The van der Waals surface area contributed by atoms with Gasteiger partial charge in [-0.3, -0.25) is 4.79 Å². The van der Waals surface area contributed by atoms with Gasteiger partial charge in [0.05, 0.1) is 0 Å². The molecule has 0 heterocycles. The molecule has 0 aromatic rings. The van der Waals surface area contributed by atoms with Crippen molar-refractivity contribution in [2.45, 2.75) is 56.4 Å². The van der Waals surface area contributed by atoms with E-state index >= 15 is 0 Å². The van der Waals surface area contributed by atoms with Gasteiger partial charge < -0.3 is 15.6 Å². The third-order valence-corrected chi connectivity index (χ3v) is 1.94. The maximum absolute atomic E-state index is 10.7. The minimum Gasteiger partial charge on any atom is -0.550 e. The van der Waals surface area contributed by atoms with E-state index in [1.54, 1.807) is 6.92 Å². The Morgan fingerprint density at radius 1 is 1.18 bits per heavy atom. The van der Waals surface area contributed by atoms with E-state index in [0.717, 1.165) is 0 Å². The summed E-state index contributed by atoms with van der Waals surface area (Å²) < 4.78 is 0. The zero-order chi connectivity index (χ0) is 9.72. The molecule has 0 aliphatic carbocycles. The zero-order valence-corrected chi connectivity index (χ0v) is 10.4. The number of hydrogen-bond acceptors (Lipinski definition) is 3. The molecule has 0 radical (unpaired) electrons. The summed E-state index contributed by atoms with van der Waals surface area (Å²) in [5.74, 6) is -2.53. The van der Waals surface area contributed by atoms with Gasteiger partial charge in [-0.1, -0.05) is 43.6 Å². The van der Waals surface area contributed by atoms with Gasteiger partial charge in [0.2, 0.25) is 5.91 Å². The van der Waals surface area contributed by atoms with Crippen LogP contribution in [0.5, 0.6) is 0 Å². The number of hydrogen-bond donors (Lipinski definition) is 1. The first-order valence-electron chi connectivity index (χ1n) is 3.99. The molecule has 0 aromatic carbocycles. The second-order valence-corrected chi connectivity index (χ2v) is 2.96. The van der Waals surface area contributed by atoms with Crippen LogP contribution in [0.4, 0.5) is 0 Å². The second-order valence-electron chi connectivity index (χ2n) is 2.96. The minimum atomic E-state index is -1.13. The molecule has 0 aliphatic rings. The third-order valence-electron chi connectivity index (χ3n) is 1.94. The molecule has 0 aliphatic heterocycles. The molecule has 102 valence electrons. The monoisotopic (exact) mass is 259 g/mol. The maximum atomic E-state index is 10.7. The molecular weight excluding hydrogens is 229 g/mol. The van der Waals surface area contributed by atoms with Gasteiger partial charge in [-0.15, -0.1) is 0 Å². The van der Waals surface area contributed by atoms with Crippen LogP contribution in [0.1, 0.15) is 56.4 Å². The van der Waals surface area contributed by atoms with Crippen molar-refractivity contribution in [3.05, 3.63) is 0 Å². The van der Waals surface area contributed by atoms with Crippen LogP contribution in [0.3, 0.4) is 0 Å². The van der Waals surface area contributed by atoms with Crippen LogP contribution in [-0.2, 0) is 9.59 Å². The Labute approximate surface area is 130 Å². The number of aliphatic carboxylic acids is 1. The number of carboxylic acids is 1. The number of primary amides is 1. The molecule has 17 heavy (non-hydrogen) atoms. The normalized spacial score (nSPS) is 10.7. The molecule has 5 heteroatoms. The molecule has 0 bridgehead atoms. The van der Waals surface area contributed by atoms with Gasteiger partial charge >= 0.3 is 29.6 Å². The predicted molar refractivity (Wildman–Crippen MR) is 68.7 cm³/mol. The second kappa shape index (κ2) is 18.3. The Bertz CT molecular complexity index is 187. The van der Waals surface area contributed by atoms with E-state index < -0.39 is 17.8 Å². The number of amides is 1. The largest absolute Gasteiger partial charge is 1.00 e. The molecule has 0 spiro atoms. The molecule has 0 aromatic heterocycles. The molecule has 2 N–H and O–H groups in total. The molecule has 1 amide bonds. The Balaban J connectivity index is -0.0000000605. The van der Waals surface area contributed by atoms with Gasteiger partial charge in [0.15, 0.2) is 0 Å². The summed E-state index contributed by atoms with van der Waals surface area (Å²) in [7, 11) is 0. The topological polar surface area (TPSA) is 83.2 Å². The quantitative estimate of drug-likeness (QED) is 0.631. The van der Waals surface area contributed by atoms with Crippen molar-refractivity contribution in [1.82, 2.24) is 0 Å². The molecule has 2 unspecified atom stereocenters. The summed E-state index contributed by atoms with van der Waals surface area (Å²) in [4.78, 5) is 21.0. The predicted octanol–water partition coefficient (Wildman–Crippen LogP) is -1.18. The standard InChI is InChI=1S/C8H15NO3.4CH4.Na/c1-3-6(7(9)10)4-5(2)8(11)12;;;;;/h5-6H,3-4H2,1-2H3,(H2,9,10)(H,11,12);4*1H4;/q;;;;;+1/p-1. The molecular formula is C12H30NNaO3. The van der Waals surface area contributed by atoms with Crippen molar-refractivity contribution < 1.29 is 44.3 Å². The average Bonchev–Trinajstić information content (AvgIpc) is 1.98. The number of rotatable bonds is 5. The third kappa shape index (κ3) is 15.9. The first-order chi connectivity index (χ1) is 5.49. The number of carbonyl (C=O) groups is 2. The van der Waals surface area contributed by atoms with E-state index in [1.165, 1.54) is 6.92 Å². The SMILES string of the molecule is C.C.C.C.CCC(CC(C)C(=O)[O-])C(N)=O.[Na+]. The fraction of sp³-hybridized carbons (Fsp3) is 0.833. The molecule has 0 saturated heterocycles. The smallest absolute Gasteiger partial charge is 0.550 e. The maximum Gasteiger partial charge on any atom is 1.00 e. The first kappa shape index (κ1) is 36.0. The fourth-order valence-corrected chi connectivity index (χ4v) is 1.01. The minimum absolute atomic E-state index is 0. The Morgan fingerprint density at radius 2 is 1.53 bits per heavy atom. The van der Waals surface area contributed by atoms with E-state index in [0.29, 0.717) is 6.42 Å². The average molecular weight is 259 g/mol. The van der Waals surface area contributed by atoms with Crippen molar-refractivity contribution >= 4 is 11.9 Å². The summed E-state index contributed by atoms with van der Waals surface area (Å²) in [6.07, 6.45) is 0.848. The first-order valence-corrected chi connectivity index (χ1v) is 3.99. The molecule has 0 fully saturated rings. The van der Waals surface area contributed by atoms with Crippen LogP contribution < -0.4 is 40.4 Å². The van der Waals surface area contributed by atoms with Gasteiger partial charge in [0.1, 0.15) is 0 Å². The van der Waals surface area contributed by atoms with Crippen molar-refractivity contribution in [2.24, 2.45) is 17.6 Å². The molecule has 0 rings (SSSR count). The van der Waals surface area contributed by atoms with E-state index in [4.69, 9.17) is 5.73 Å². The summed E-state index contributed by atoms with van der Waals surface area (Å²) in [6.45, 7) is 3.32. The fourth-order valence-electron chi connectivity index (χ4n) is 1.01. The van der Waals surface area contributed by atoms with Gasteiger partial charge in [-0.05, 0) is 18.8 Å². The summed E-state index contributed by atoms with van der Waals surface area (Å²) in [5.41, 5.74) is 5.04. The summed E-state index contributed by atoms with van der Waals surface area (Å²) >= 11 is 0. The van der Waals surface area contributed by atoms with Crippen molar-refractivity contribution in [3.63, 3.8) is 0 Å². The number of carbonyl (C=O) groups excluding carboxylic acids is 2. The van der Waals surface area contributed by atoms with Crippen LogP contribution >= 0.6 is 0 Å². The van der Waals surface area contributed by atoms with E-state index in [-0.39, 0.29) is 71.6 Å². The van der Waals surface area contributed by atoms with E-state index in [1.807, 2.05) is 0 Å². The van der Waals surface area contributed by atoms with Crippen LogP contribution in [-0.4, -0.2) is 11.9 Å². The van der Waals surface area contributed by atoms with Crippen molar-refractivity contribution in [2.75, 3.05) is 0 Å². The molecule has 4 nitrogen and oxygen atoms in total. The van der Waals surface area contributed by atoms with Crippen LogP contribution in [0, 0.1) is 11.8 Å². The van der Waals surface area contributed by atoms with Gasteiger partial charge in [0, 0.05) is 11.9 Å². The van der Waals surface area contributed by atoms with Gasteiger partial charge in [-0.25, -0.2) is 0 Å². The number of carboxylic acid groups (broad SMARTS) is 1. The number of nitrogens with two attached hydrogens (primary N) is 1.